The third-order valence-corrected chi connectivity index (χ3v) is 9.75. The molecule has 7 nitrogen and oxygen atoms in total. The Morgan fingerprint density at radius 2 is 1.77 bits per heavy atom. The number of ether oxygens (including phenoxy) is 1. The SMILES string of the molecule is C=CC(=O)N1C[C@H](C)N(c2nc(=O)n3c4c(c(-c5c(F)cc(F)cc5F)c(C(F)(F)F)cc24)SCC2(COC2)C3)C[C@H]1C. The standard InChI is InChI=1S/C29H26F6N4O3S/c1-4-21(40)37-8-15(3)38(9-14(37)2)26-17-7-18(29(33,34)35)22(23-19(31)5-16(30)6-20(23)32)25-24(17)39(27(41)36-26)10-28(13-43-25)11-42-12-28/h4-7,14-15H,1,8-13H2,2-3H3/t14-,15+/m1/s1. The van der Waals surface area contributed by atoms with Crippen molar-refractivity contribution >= 4 is 34.4 Å². The minimum Gasteiger partial charge on any atom is -0.380 e. The molecule has 0 radical (unpaired) electrons. The maximum absolute atomic E-state index is 15.2. The second-order valence-electron chi connectivity index (χ2n) is 11.4. The van der Waals surface area contributed by atoms with Crippen LogP contribution in [0, 0.1) is 22.9 Å². The maximum Gasteiger partial charge on any atom is 0.417 e. The molecule has 0 bridgehead atoms. The number of nitrogens with zero attached hydrogens (tertiary/aromatic N) is 4. The lowest BCUT2D eigenvalue weighted by molar-refractivity contribution is -0.137. The second-order valence-corrected chi connectivity index (χ2v) is 12.4. The number of carbonyl (C=O) groups excluding carboxylic acids is 1. The molecule has 228 valence electrons. The van der Waals surface area contributed by atoms with Crippen LogP contribution in [0.2, 0.25) is 0 Å². The summed E-state index contributed by atoms with van der Waals surface area (Å²) >= 11 is 0.954. The van der Waals surface area contributed by atoms with Crippen LogP contribution in [0.5, 0.6) is 0 Å². The van der Waals surface area contributed by atoms with Gasteiger partial charge in [-0.25, -0.2) is 18.0 Å². The zero-order valence-corrected chi connectivity index (χ0v) is 23.9. The van der Waals surface area contributed by atoms with Gasteiger partial charge in [-0.1, -0.05) is 6.58 Å². The van der Waals surface area contributed by atoms with E-state index < -0.39 is 63.5 Å². The van der Waals surface area contributed by atoms with Gasteiger partial charge in [-0.15, -0.1) is 11.8 Å². The molecule has 2 aromatic carbocycles. The lowest BCUT2D eigenvalue weighted by Crippen LogP contribution is -2.58. The van der Waals surface area contributed by atoms with E-state index in [-0.39, 0.29) is 66.1 Å². The number of thioether (sulfide) groups is 1. The molecule has 1 spiro atoms. The van der Waals surface area contributed by atoms with E-state index in [4.69, 9.17) is 4.74 Å². The molecule has 0 saturated carbocycles. The van der Waals surface area contributed by atoms with Crippen LogP contribution in [-0.4, -0.2) is 64.5 Å². The van der Waals surface area contributed by atoms with Crippen molar-refractivity contribution in [2.24, 2.45) is 5.41 Å². The van der Waals surface area contributed by atoms with Crippen molar-refractivity contribution in [3.63, 3.8) is 0 Å². The minimum absolute atomic E-state index is 0.0268. The second kappa shape index (κ2) is 10.3. The Hall–Kier alpha value is -3.52. The highest BCUT2D eigenvalue weighted by molar-refractivity contribution is 7.99. The molecule has 0 N–H and O–H groups in total. The predicted octanol–water partition coefficient (Wildman–Crippen LogP) is 5.23. The van der Waals surface area contributed by atoms with Gasteiger partial charge >= 0.3 is 11.9 Å². The molecule has 2 atom stereocenters. The number of alkyl halides is 3. The number of aromatic nitrogens is 2. The van der Waals surface area contributed by atoms with E-state index >= 15 is 8.78 Å². The molecular formula is C29H26F6N4O3S. The molecule has 3 aromatic rings. The van der Waals surface area contributed by atoms with Crippen molar-refractivity contribution < 1.29 is 35.9 Å². The highest BCUT2D eigenvalue weighted by atomic mass is 32.2. The fourth-order valence-electron chi connectivity index (χ4n) is 6.17. The number of halogens is 6. The van der Waals surface area contributed by atoms with Gasteiger partial charge in [0.25, 0.3) is 0 Å². The van der Waals surface area contributed by atoms with Crippen molar-refractivity contribution in [1.82, 2.24) is 14.5 Å². The molecular weight excluding hydrogens is 598 g/mol. The first-order valence-corrected chi connectivity index (χ1v) is 14.5. The van der Waals surface area contributed by atoms with E-state index in [0.717, 1.165) is 17.8 Å². The zero-order chi connectivity index (χ0) is 31.0. The van der Waals surface area contributed by atoms with Crippen LogP contribution in [0.1, 0.15) is 19.4 Å². The average Bonchev–Trinajstić information content (AvgIpc) is 3.10. The van der Waals surface area contributed by atoms with Crippen LogP contribution in [0.3, 0.4) is 0 Å². The summed E-state index contributed by atoms with van der Waals surface area (Å²) in [5, 5.41) is -0.0269. The molecule has 4 heterocycles. The Labute approximate surface area is 246 Å². The summed E-state index contributed by atoms with van der Waals surface area (Å²) in [5.74, 6) is -4.42. The number of rotatable bonds is 3. The number of hydrogen-bond acceptors (Lipinski definition) is 6. The molecule has 0 aliphatic carbocycles. The molecule has 43 heavy (non-hydrogen) atoms. The van der Waals surface area contributed by atoms with Gasteiger partial charge in [-0.2, -0.15) is 18.2 Å². The smallest absolute Gasteiger partial charge is 0.380 e. The molecule has 3 aliphatic heterocycles. The number of piperazine rings is 1. The third-order valence-electron chi connectivity index (χ3n) is 8.31. The van der Waals surface area contributed by atoms with Crippen molar-refractivity contribution in [2.45, 2.75) is 43.5 Å². The number of anilines is 1. The Kier molecular flexibility index (Phi) is 7.07. The van der Waals surface area contributed by atoms with Crippen molar-refractivity contribution in [2.75, 3.05) is 37.0 Å². The highest BCUT2D eigenvalue weighted by Crippen LogP contribution is 2.52. The lowest BCUT2D eigenvalue weighted by atomic mass is 9.88. The molecule has 2 saturated heterocycles. The van der Waals surface area contributed by atoms with Gasteiger partial charge in [0.05, 0.1) is 29.9 Å². The van der Waals surface area contributed by atoms with Crippen molar-refractivity contribution in [3.8, 4) is 11.1 Å². The van der Waals surface area contributed by atoms with Gasteiger partial charge < -0.3 is 14.5 Å². The Bertz CT molecular complexity index is 1720. The van der Waals surface area contributed by atoms with E-state index in [2.05, 4.69) is 11.6 Å². The fraction of sp³-hybridized carbons (Fsp3) is 0.414. The van der Waals surface area contributed by atoms with Crippen LogP contribution in [-0.2, 0) is 22.3 Å². The Morgan fingerprint density at radius 1 is 1.09 bits per heavy atom. The zero-order valence-electron chi connectivity index (χ0n) is 23.1. The van der Waals surface area contributed by atoms with Crippen LogP contribution in [0.15, 0.2) is 40.5 Å². The van der Waals surface area contributed by atoms with E-state index in [9.17, 15) is 27.2 Å². The first-order valence-electron chi connectivity index (χ1n) is 13.5. The molecule has 1 amide bonds. The van der Waals surface area contributed by atoms with Gasteiger partial charge in [0.15, 0.2) is 0 Å². The topological polar surface area (TPSA) is 67.7 Å². The Morgan fingerprint density at radius 3 is 2.35 bits per heavy atom. The third kappa shape index (κ3) is 4.78. The summed E-state index contributed by atoms with van der Waals surface area (Å²) in [4.78, 5) is 33.5. The van der Waals surface area contributed by atoms with E-state index in [1.165, 1.54) is 10.6 Å². The van der Waals surface area contributed by atoms with Gasteiger partial charge in [-0.05, 0) is 26.0 Å². The molecule has 6 rings (SSSR count). The number of amides is 1. The summed E-state index contributed by atoms with van der Waals surface area (Å²) in [6.45, 7) is 7.92. The predicted molar refractivity (Wildman–Crippen MR) is 148 cm³/mol. The van der Waals surface area contributed by atoms with E-state index in [0.29, 0.717) is 12.1 Å². The monoisotopic (exact) mass is 624 g/mol. The summed E-state index contributed by atoms with van der Waals surface area (Å²) in [5.41, 5.74) is -4.48. The largest absolute Gasteiger partial charge is 0.417 e. The van der Waals surface area contributed by atoms with Crippen LogP contribution in [0.25, 0.3) is 22.0 Å². The molecule has 3 aliphatic rings. The van der Waals surface area contributed by atoms with Crippen LogP contribution in [0.4, 0.5) is 32.2 Å². The number of carbonyl (C=O) groups is 1. The normalized spacial score (nSPS) is 21.6. The lowest BCUT2D eigenvalue weighted by Gasteiger charge is -2.44. The van der Waals surface area contributed by atoms with Gasteiger partial charge in [-0.3, -0.25) is 9.36 Å². The number of hydrogen-bond donors (Lipinski definition) is 0. The first kappa shape index (κ1) is 29.5. The first-order chi connectivity index (χ1) is 20.2. The average molecular weight is 625 g/mol. The van der Waals surface area contributed by atoms with Crippen molar-refractivity contribution in [1.29, 1.82) is 0 Å². The summed E-state index contributed by atoms with van der Waals surface area (Å²) in [7, 11) is 0. The molecule has 0 unspecified atom stereocenters. The quantitative estimate of drug-likeness (QED) is 0.294. The molecule has 2 fully saturated rings. The van der Waals surface area contributed by atoms with E-state index in [1.54, 1.807) is 23.6 Å². The Balaban J connectivity index is 1.68. The van der Waals surface area contributed by atoms with Crippen molar-refractivity contribution in [3.05, 3.63) is 64.4 Å². The molecule has 1 aromatic heterocycles. The highest BCUT2D eigenvalue weighted by Gasteiger charge is 2.45. The summed E-state index contributed by atoms with van der Waals surface area (Å²) < 4.78 is 95.4. The van der Waals surface area contributed by atoms with Gasteiger partial charge in [0.1, 0.15) is 23.3 Å². The van der Waals surface area contributed by atoms with E-state index in [1.807, 2.05) is 0 Å². The van der Waals surface area contributed by atoms with Crippen LogP contribution >= 0.6 is 11.8 Å². The summed E-state index contributed by atoms with van der Waals surface area (Å²) in [6, 6.07) is 0.569. The minimum atomic E-state index is -5.09. The molecule has 14 heteroatoms. The van der Waals surface area contributed by atoms with Gasteiger partial charge in [0, 0.05) is 70.9 Å². The summed E-state index contributed by atoms with van der Waals surface area (Å²) in [6.07, 6.45) is -3.92. The number of benzene rings is 2. The maximum atomic E-state index is 15.2. The van der Waals surface area contributed by atoms with Gasteiger partial charge in [0.2, 0.25) is 5.91 Å². The fourth-order valence-corrected chi connectivity index (χ4v) is 7.59. The van der Waals surface area contributed by atoms with Crippen LogP contribution < -0.4 is 10.6 Å².